The number of methoxy groups -OCH3 is 1. The summed E-state index contributed by atoms with van der Waals surface area (Å²) in [5.41, 5.74) is 11.5. The van der Waals surface area contributed by atoms with Gasteiger partial charge in [0.15, 0.2) is 0 Å². The van der Waals surface area contributed by atoms with Crippen LogP contribution in [0.25, 0.3) is 16.6 Å². The van der Waals surface area contributed by atoms with Gasteiger partial charge in [-0.25, -0.2) is 4.79 Å². The van der Waals surface area contributed by atoms with Gasteiger partial charge in [0.2, 0.25) is 0 Å². The van der Waals surface area contributed by atoms with Crippen molar-refractivity contribution in [3.63, 3.8) is 0 Å². The molecule has 1 aliphatic carbocycles. The molecule has 1 saturated carbocycles. The number of esters is 1. The van der Waals surface area contributed by atoms with Crippen LogP contribution in [0.5, 0.6) is 0 Å². The molecule has 0 spiro atoms. The van der Waals surface area contributed by atoms with E-state index in [1.165, 1.54) is 13.3 Å². The highest BCUT2D eigenvalue weighted by Crippen LogP contribution is 2.43. The van der Waals surface area contributed by atoms with Crippen LogP contribution in [0.1, 0.15) is 45.8 Å². The van der Waals surface area contributed by atoms with Crippen molar-refractivity contribution in [2.75, 3.05) is 12.8 Å². The van der Waals surface area contributed by atoms with Gasteiger partial charge in [-0.2, -0.15) is 0 Å². The molecular weight excluding hydrogens is 354 g/mol. The zero-order chi connectivity index (χ0) is 20.0. The molecule has 1 aromatic carbocycles. The summed E-state index contributed by atoms with van der Waals surface area (Å²) in [7, 11) is 1.28. The third kappa shape index (κ3) is 2.78. The van der Waals surface area contributed by atoms with E-state index in [1.807, 2.05) is 25.1 Å². The molecule has 2 heterocycles. The fourth-order valence-corrected chi connectivity index (χ4v) is 3.74. The quantitative estimate of drug-likeness (QED) is 0.414. The highest BCUT2D eigenvalue weighted by molar-refractivity contribution is 5.91. The zero-order valence-corrected chi connectivity index (χ0v) is 15.8. The largest absolute Gasteiger partial charge is 0.465 e. The third-order valence-corrected chi connectivity index (χ3v) is 5.39. The number of aryl methyl sites for hydroxylation is 1. The fraction of sp³-hybridized carbons (Fsp3) is 0.227. The molecule has 0 radical (unpaired) electrons. The number of hydrogen-bond donors (Lipinski definition) is 2. The summed E-state index contributed by atoms with van der Waals surface area (Å²) in [4.78, 5) is 25.0. The van der Waals surface area contributed by atoms with Crippen molar-refractivity contribution < 1.29 is 9.53 Å². The summed E-state index contributed by atoms with van der Waals surface area (Å²) in [5, 5.41) is 7.54. The highest BCUT2D eigenvalue weighted by atomic mass is 16.5. The maximum absolute atomic E-state index is 12.9. The van der Waals surface area contributed by atoms with Gasteiger partial charge in [-0.3, -0.25) is 9.20 Å². The zero-order valence-electron chi connectivity index (χ0n) is 15.8. The average molecular weight is 375 g/mol. The van der Waals surface area contributed by atoms with Crippen molar-refractivity contribution in [3.8, 4) is 11.1 Å². The fourth-order valence-electron chi connectivity index (χ4n) is 3.74. The van der Waals surface area contributed by atoms with Crippen LogP contribution in [0.3, 0.4) is 0 Å². The second-order valence-corrected chi connectivity index (χ2v) is 7.15. The topological polar surface area (TPSA) is 97.7 Å². The van der Waals surface area contributed by atoms with E-state index < -0.39 is 5.97 Å². The van der Waals surface area contributed by atoms with E-state index >= 15 is 0 Å². The lowest BCUT2D eigenvalue weighted by atomic mass is 9.95. The van der Waals surface area contributed by atoms with Gasteiger partial charge >= 0.3 is 5.97 Å². The molecule has 0 aliphatic heterocycles. The Morgan fingerprint density at radius 1 is 1.29 bits per heavy atom. The Hall–Kier alpha value is -3.41. The molecule has 1 fully saturated rings. The lowest BCUT2D eigenvalue weighted by molar-refractivity contribution is 0.0598. The number of aromatic nitrogens is 1. The van der Waals surface area contributed by atoms with E-state index in [2.05, 4.69) is 0 Å². The lowest BCUT2D eigenvalue weighted by Crippen LogP contribution is -2.24. The molecule has 0 unspecified atom stereocenters. The van der Waals surface area contributed by atoms with Crippen LogP contribution in [-0.4, -0.2) is 23.7 Å². The maximum Gasteiger partial charge on any atom is 0.343 e. The summed E-state index contributed by atoms with van der Waals surface area (Å²) in [5.74, 6) is -0.270. The number of benzene rings is 1. The Kier molecular flexibility index (Phi) is 4.26. The van der Waals surface area contributed by atoms with Crippen molar-refractivity contribution >= 4 is 23.4 Å². The average Bonchev–Trinajstić information content (AvgIpc) is 3.54. The van der Waals surface area contributed by atoms with Crippen LogP contribution < -0.4 is 11.3 Å². The molecule has 0 bridgehead atoms. The number of pyridine rings is 2. The van der Waals surface area contributed by atoms with Gasteiger partial charge in [-0.15, -0.1) is 0 Å². The number of nitrogens with zero attached hydrogens (tertiary/aromatic N) is 1. The van der Waals surface area contributed by atoms with Gasteiger partial charge in [-0.1, -0.05) is 6.07 Å². The second kappa shape index (κ2) is 6.64. The minimum absolute atomic E-state index is 0.0626. The van der Waals surface area contributed by atoms with Gasteiger partial charge in [0.25, 0.3) is 5.56 Å². The van der Waals surface area contributed by atoms with E-state index in [0.29, 0.717) is 17.2 Å². The molecule has 3 N–H and O–H groups in total. The molecule has 28 heavy (non-hydrogen) atoms. The number of nitrogen functional groups attached to an aromatic ring is 1. The van der Waals surface area contributed by atoms with Crippen molar-refractivity contribution in [1.82, 2.24) is 4.40 Å². The van der Waals surface area contributed by atoms with Gasteiger partial charge in [-0.05, 0) is 72.2 Å². The Morgan fingerprint density at radius 2 is 2.04 bits per heavy atom. The first-order valence-electron chi connectivity index (χ1n) is 9.13. The first kappa shape index (κ1) is 18.0. The van der Waals surface area contributed by atoms with Crippen molar-refractivity contribution in [2.24, 2.45) is 0 Å². The Balaban J connectivity index is 2.02. The number of hydrogen-bond acceptors (Lipinski definition) is 5. The Bertz CT molecular complexity index is 1190. The predicted molar refractivity (Wildman–Crippen MR) is 109 cm³/mol. The number of anilines is 1. The van der Waals surface area contributed by atoms with Crippen molar-refractivity contribution in [1.29, 1.82) is 5.41 Å². The summed E-state index contributed by atoms with van der Waals surface area (Å²) >= 11 is 0. The summed E-state index contributed by atoms with van der Waals surface area (Å²) in [6, 6.07) is 9.14. The van der Waals surface area contributed by atoms with E-state index in [-0.39, 0.29) is 11.1 Å². The summed E-state index contributed by atoms with van der Waals surface area (Å²) in [6.07, 6.45) is 5.02. The third-order valence-electron chi connectivity index (χ3n) is 5.39. The van der Waals surface area contributed by atoms with Crippen LogP contribution in [0, 0.1) is 12.3 Å². The first-order valence-corrected chi connectivity index (χ1v) is 9.13. The SMILES string of the molecule is COC(=O)c1cc(C2CC2)c2c(C)c(-c3ccc(N)c(C=N)c3)ccn2c1=O. The molecule has 6 nitrogen and oxygen atoms in total. The number of fused-ring (bicyclic) bond motifs is 1. The monoisotopic (exact) mass is 375 g/mol. The Labute approximate surface area is 162 Å². The van der Waals surface area contributed by atoms with Crippen LogP contribution in [0.4, 0.5) is 5.69 Å². The molecule has 0 amide bonds. The Morgan fingerprint density at radius 3 is 2.68 bits per heavy atom. The normalized spacial score (nSPS) is 13.5. The van der Waals surface area contributed by atoms with E-state index in [4.69, 9.17) is 15.9 Å². The van der Waals surface area contributed by atoms with Crippen LogP contribution in [-0.2, 0) is 4.74 Å². The van der Waals surface area contributed by atoms with Gasteiger partial charge < -0.3 is 15.9 Å². The first-order chi connectivity index (χ1) is 13.5. The minimum Gasteiger partial charge on any atom is -0.465 e. The second-order valence-electron chi connectivity index (χ2n) is 7.15. The number of carbonyl (C=O) groups excluding carboxylic acids is 1. The molecule has 1 aliphatic rings. The van der Waals surface area contributed by atoms with Crippen LogP contribution in [0.2, 0.25) is 0 Å². The number of carbonyl (C=O) groups is 1. The van der Waals surface area contributed by atoms with Gasteiger partial charge in [0.1, 0.15) is 5.56 Å². The number of ether oxygens (including phenoxy) is 1. The molecule has 2 aromatic heterocycles. The van der Waals surface area contributed by atoms with Gasteiger partial charge in [0, 0.05) is 23.7 Å². The number of rotatable bonds is 4. The van der Waals surface area contributed by atoms with Crippen molar-refractivity contribution in [2.45, 2.75) is 25.7 Å². The molecule has 3 aromatic rings. The molecule has 6 heteroatoms. The standard InChI is InChI=1S/C22H21N3O3/c1-12-16(14-5-6-19(24)15(9-14)11-23)7-8-25-20(12)17(13-3-4-13)10-18(21(25)26)22(27)28-2/h5-11,13,23H,3-4,24H2,1-2H3. The summed E-state index contributed by atoms with van der Waals surface area (Å²) < 4.78 is 6.35. The van der Waals surface area contributed by atoms with E-state index in [9.17, 15) is 9.59 Å². The molecule has 4 rings (SSSR count). The molecule has 142 valence electrons. The van der Waals surface area contributed by atoms with Gasteiger partial charge in [0.05, 0.1) is 12.6 Å². The van der Waals surface area contributed by atoms with Crippen LogP contribution in [0.15, 0.2) is 41.3 Å². The number of nitrogens with one attached hydrogen (secondary N) is 1. The highest BCUT2D eigenvalue weighted by Gasteiger charge is 2.29. The van der Waals surface area contributed by atoms with E-state index in [0.717, 1.165) is 40.6 Å². The van der Waals surface area contributed by atoms with Crippen LogP contribution >= 0.6 is 0 Å². The predicted octanol–water partition coefficient (Wildman–Crippen LogP) is 3.52. The lowest BCUT2D eigenvalue weighted by Gasteiger charge is -2.16. The molecule has 0 saturated heterocycles. The molecular formula is C22H21N3O3. The number of nitrogens with two attached hydrogens (primary N) is 1. The summed E-state index contributed by atoms with van der Waals surface area (Å²) in [6.45, 7) is 1.98. The minimum atomic E-state index is -0.614. The van der Waals surface area contributed by atoms with Crippen molar-refractivity contribution in [3.05, 3.63) is 69.1 Å². The smallest absolute Gasteiger partial charge is 0.343 e. The maximum atomic E-state index is 12.9. The molecule has 0 atom stereocenters. The van der Waals surface area contributed by atoms with E-state index in [1.54, 1.807) is 22.7 Å².